The summed E-state index contributed by atoms with van der Waals surface area (Å²) in [6, 6.07) is 11.0. The molecule has 7 heteroatoms. The average molecular weight is 454 g/mol. The summed E-state index contributed by atoms with van der Waals surface area (Å²) >= 11 is 1.52. The van der Waals surface area contributed by atoms with Gasteiger partial charge in [0.15, 0.2) is 0 Å². The van der Waals surface area contributed by atoms with E-state index in [-0.39, 0.29) is 11.8 Å². The lowest BCUT2D eigenvalue weighted by molar-refractivity contribution is -0.118. The van der Waals surface area contributed by atoms with E-state index in [4.69, 9.17) is 0 Å². The third kappa shape index (κ3) is 4.99. The standard InChI is InChI=1S/C25H35N5OS/c31-23(22(20-11-5-6-12-20)19-9-3-1-4-10-19)26-24-27-28-25(32-24)30-17-13-21(14-18-30)29-15-7-2-8-16-29/h1,3-4,9-10,20-22H,2,5-8,11-18H2,(H,26,27,31). The molecule has 172 valence electrons. The van der Waals surface area contributed by atoms with E-state index in [2.05, 4.69) is 37.4 Å². The molecule has 1 aliphatic carbocycles. The highest BCUT2D eigenvalue weighted by Crippen LogP contribution is 2.38. The van der Waals surface area contributed by atoms with E-state index >= 15 is 0 Å². The van der Waals surface area contributed by atoms with E-state index in [1.165, 1.54) is 69.4 Å². The predicted octanol–water partition coefficient (Wildman–Crippen LogP) is 4.91. The van der Waals surface area contributed by atoms with E-state index < -0.39 is 0 Å². The van der Waals surface area contributed by atoms with Gasteiger partial charge in [0, 0.05) is 19.1 Å². The van der Waals surface area contributed by atoms with Gasteiger partial charge >= 0.3 is 0 Å². The van der Waals surface area contributed by atoms with Gasteiger partial charge < -0.3 is 9.80 Å². The van der Waals surface area contributed by atoms with Crippen LogP contribution in [-0.2, 0) is 4.79 Å². The van der Waals surface area contributed by atoms with Crippen molar-refractivity contribution in [1.82, 2.24) is 15.1 Å². The number of carbonyl (C=O) groups is 1. The number of nitrogens with zero attached hydrogens (tertiary/aromatic N) is 4. The van der Waals surface area contributed by atoms with E-state index in [1.54, 1.807) is 0 Å². The lowest BCUT2D eigenvalue weighted by Crippen LogP contribution is -2.46. The molecule has 0 radical (unpaired) electrons. The summed E-state index contributed by atoms with van der Waals surface area (Å²) in [5.74, 6) is 0.375. The van der Waals surface area contributed by atoms with E-state index in [0.717, 1.165) is 42.7 Å². The van der Waals surface area contributed by atoms with Crippen LogP contribution in [0.25, 0.3) is 0 Å². The minimum Gasteiger partial charge on any atom is -0.346 e. The van der Waals surface area contributed by atoms with Gasteiger partial charge in [-0.1, -0.05) is 60.9 Å². The lowest BCUT2D eigenvalue weighted by Gasteiger charge is -2.40. The summed E-state index contributed by atoms with van der Waals surface area (Å²) in [6.45, 7) is 4.59. The summed E-state index contributed by atoms with van der Waals surface area (Å²) in [5, 5.41) is 13.4. The molecule has 1 amide bonds. The van der Waals surface area contributed by atoms with Gasteiger partial charge in [-0.2, -0.15) is 0 Å². The van der Waals surface area contributed by atoms with Gasteiger partial charge in [0.05, 0.1) is 5.92 Å². The monoisotopic (exact) mass is 453 g/mol. The van der Waals surface area contributed by atoms with Crippen LogP contribution in [0.1, 0.15) is 69.3 Å². The number of carbonyl (C=O) groups excluding carboxylic acids is 1. The number of nitrogens with one attached hydrogen (secondary N) is 1. The molecule has 1 N–H and O–H groups in total. The molecular weight excluding hydrogens is 418 g/mol. The average Bonchev–Trinajstić information content (AvgIpc) is 3.54. The fraction of sp³-hybridized carbons (Fsp3) is 0.640. The lowest BCUT2D eigenvalue weighted by atomic mass is 9.84. The number of rotatable bonds is 6. The molecule has 1 unspecified atom stereocenters. The molecule has 1 atom stereocenters. The Morgan fingerprint density at radius 3 is 2.34 bits per heavy atom. The topological polar surface area (TPSA) is 61.4 Å². The predicted molar refractivity (Wildman–Crippen MR) is 130 cm³/mol. The number of hydrogen-bond acceptors (Lipinski definition) is 6. The maximum atomic E-state index is 13.3. The Morgan fingerprint density at radius 2 is 1.62 bits per heavy atom. The van der Waals surface area contributed by atoms with Crippen molar-refractivity contribution in [2.45, 2.75) is 69.7 Å². The Hall–Kier alpha value is -1.99. The second kappa shape index (κ2) is 10.3. The van der Waals surface area contributed by atoms with Crippen molar-refractivity contribution in [3.05, 3.63) is 35.9 Å². The summed E-state index contributed by atoms with van der Waals surface area (Å²) in [4.78, 5) is 18.4. The first-order valence-electron chi connectivity index (χ1n) is 12.5. The van der Waals surface area contributed by atoms with Gasteiger partial charge in [-0.05, 0) is 63.1 Å². The maximum Gasteiger partial charge on any atom is 0.234 e. The number of hydrogen-bond donors (Lipinski definition) is 1. The Bertz CT molecular complexity index is 867. The van der Waals surface area contributed by atoms with Gasteiger partial charge in [0.25, 0.3) is 0 Å². The van der Waals surface area contributed by atoms with Crippen molar-refractivity contribution in [3.8, 4) is 0 Å². The summed E-state index contributed by atoms with van der Waals surface area (Å²) in [5.41, 5.74) is 1.11. The zero-order valence-electron chi connectivity index (χ0n) is 18.9. The van der Waals surface area contributed by atoms with Crippen LogP contribution >= 0.6 is 11.3 Å². The first-order valence-corrected chi connectivity index (χ1v) is 13.3. The number of amides is 1. The minimum absolute atomic E-state index is 0.0645. The van der Waals surface area contributed by atoms with Crippen LogP contribution in [-0.4, -0.2) is 53.2 Å². The molecule has 3 aliphatic rings. The van der Waals surface area contributed by atoms with Gasteiger partial charge in [-0.15, -0.1) is 10.2 Å². The Labute approximate surface area is 195 Å². The normalized spacial score (nSPS) is 22.2. The smallest absolute Gasteiger partial charge is 0.234 e. The summed E-state index contributed by atoms with van der Waals surface area (Å²) < 4.78 is 0. The fourth-order valence-corrected chi connectivity index (χ4v) is 6.67. The highest BCUT2D eigenvalue weighted by atomic mass is 32.1. The number of benzene rings is 1. The summed E-state index contributed by atoms with van der Waals surface area (Å²) in [7, 11) is 0. The van der Waals surface area contributed by atoms with Crippen LogP contribution < -0.4 is 10.2 Å². The van der Waals surface area contributed by atoms with Crippen molar-refractivity contribution < 1.29 is 4.79 Å². The number of aromatic nitrogens is 2. The number of anilines is 2. The molecule has 1 aromatic carbocycles. The summed E-state index contributed by atoms with van der Waals surface area (Å²) in [6.07, 6.45) is 11.2. The van der Waals surface area contributed by atoms with Gasteiger partial charge in [0.1, 0.15) is 0 Å². The molecule has 2 aliphatic heterocycles. The van der Waals surface area contributed by atoms with E-state index in [9.17, 15) is 4.79 Å². The van der Waals surface area contributed by atoms with E-state index in [1.807, 2.05) is 18.2 Å². The van der Waals surface area contributed by atoms with Crippen molar-refractivity contribution in [1.29, 1.82) is 0 Å². The maximum absolute atomic E-state index is 13.3. The SMILES string of the molecule is O=C(Nc1nnc(N2CCC(N3CCCCC3)CC2)s1)C(c1ccccc1)C1CCCC1. The molecule has 5 rings (SSSR count). The van der Waals surface area contributed by atoms with Crippen LogP contribution in [0.2, 0.25) is 0 Å². The third-order valence-electron chi connectivity index (χ3n) is 7.60. The molecular formula is C25H35N5OS. The molecule has 6 nitrogen and oxygen atoms in total. The molecule has 0 spiro atoms. The van der Waals surface area contributed by atoms with E-state index in [0.29, 0.717) is 11.0 Å². The second-order valence-electron chi connectivity index (χ2n) is 9.63. The molecule has 3 fully saturated rings. The van der Waals surface area contributed by atoms with Crippen LogP contribution in [0.5, 0.6) is 0 Å². The molecule has 3 heterocycles. The van der Waals surface area contributed by atoms with Gasteiger partial charge in [0.2, 0.25) is 16.2 Å². The van der Waals surface area contributed by atoms with Crippen LogP contribution in [0.3, 0.4) is 0 Å². The Kier molecular flexibility index (Phi) is 7.03. The van der Waals surface area contributed by atoms with Crippen LogP contribution in [0.4, 0.5) is 10.3 Å². The first-order chi connectivity index (χ1) is 15.8. The highest BCUT2D eigenvalue weighted by Gasteiger charge is 2.33. The molecule has 2 saturated heterocycles. The van der Waals surface area contributed by atoms with Crippen LogP contribution in [0, 0.1) is 5.92 Å². The number of piperidine rings is 2. The van der Waals surface area contributed by atoms with Crippen molar-refractivity contribution in [3.63, 3.8) is 0 Å². The van der Waals surface area contributed by atoms with Crippen molar-refractivity contribution in [2.24, 2.45) is 5.92 Å². The Morgan fingerprint density at radius 1 is 0.906 bits per heavy atom. The highest BCUT2D eigenvalue weighted by molar-refractivity contribution is 7.19. The largest absolute Gasteiger partial charge is 0.346 e. The molecule has 32 heavy (non-hydrogen) atoms. The van der Waals surface area contributed by atoms with Gasteiger partial charge in [-0.3, -0.25) is 10.1 Å². The third-order valence-corrected chi connectivity index (χ3v) is 8.50. The zero-order chi connectivity index (χ0) is 21.8. The first kappa shape index (κ1) is 21.8. The second-order valence-corrected chi connectivity index (χ2v) is 10.6. The van der Waals surface area contributed by atoms with Crippen LogP contribution in [0.15, 0.2) is 30.3 Å². The molecule has 2 aromatic rings. The fourth-order valence-electron chi connectivity index (χ4n) is 5.87. The minimum atomic E-state index is -0.105. The molecule has 1 saturated carbocycles. The molecule has 1 aromatic heterocycles. The number of likely N-dealkylation sites (tertiary alicyclic amines) is 1. The molecule has 0 bridgehead atoms. The Balaban J connectivity index is 1.20. The van der Waals surface area contributed by atoms with Crippen molar-refractivity contribution in [2.75, 3.05) is 36.4 Å². The van der Waals surface area contributed by atoms with Gasteiger partial charge in [-0.25, -0.2) is 0 Å². The van der Waals surface area contributed by atoms with Crippen molar-refractivity contribution >= 4 is 27.5 Å². The zero-order valence-corrected chi connectivity index (χ0v) is 19.7. The quantitative estimate of drug-likeness (QED) is 0.674.